The number of benzene rings is 2. The van der Waals surface area contributed by atoms with Crippen molar-refractivity contribution in [3.05, 3.63) is 83.2 Å². The van der Waals surface area contributed by atoms with Crippen molar-refractivity contribution >= 4 is 11.7 Å². The number of carboxylic acid groups (broad SMARTS) is 1. The Morgan fingerprint density at radius 3 is 2.86 bits per heavy atom. The van der Waals surface area contributed by atoms with Gasteiger partial charge in [-0.1, -0.05) is 50.2 Å². The van der Waals surface area contributed by atoms with Gasteiger partial charge in [0.2, 0.25) is 0 Å². The fourth-order valence-corrected chi connectivity index (χ4v) is 3.99. The maximum Gasteiger partial charge on any atom is 0.337 e. The minimum Gasteiger partial charge on any atom is -0.478 e. The van der Waals surface area contributed by atoms with E-state index in [4.69, 9.17) is 0 Å². The normalized spacial score (nSPS) is 15.3. The van der Waals surface area contributed by atoms with Crippen LogP contribution < -0.4 is 10.6 Å². The number of carbonyl (C=O) groups is 1. The Hall–Kier alpha value is -3.18. The Kier molecular flexibility index (Phi) is 5.32. The van der Waals surface area contributed by atoms with Gasteiger partial charge < -0.3 is 15.7 Å². The number of hydrogen-bond acceptors (Lipinski definition) is 4. The quantitative estimate of drug-likeness (QED) is 0.565. The van der Waals surface area contributed by atoms with Crippen molar-refractivity contribution in [1.82, 2.24) is 10.3 Å². The van der Waals surface area contributed by atoms with Gasteiger partial charge in [0.15, 0.2) is 0 Å². The lowest BCUT2D eigenvalue weighted by Gasteiger charge is -2.16. The Bertz CT molecular complexity index is 1050. The van der Waals surface area contributed by atoms with E-state index in [0.29, 0.717) is 18.2 Å². The molecule has 1 unspecified atom stereocenters. The monoisotopic (exact) mass is 387 g/mol. The summed E-state index contributed by atoms with van der Waals surface area (Å²) in [6, 6.07) is 16.9. The van der Waals surface area contributed by atoms with E-state index >= 15 is 0 Å². The molecule has 0 aliphatic carbocycles. The Balaban J connectivity index is 1.55. The first-order chi connectivity index (χ1) is 14.0. The number of pyridine rings is 1. The number of anilines is 1. The SMILES string of the molecule is CC(C)c1ccccc1-c1ccc2c(c1)CNC2CNc1cnccc1C(=O)O. The predicted octanol–water partition coefficient (Wildman–Crippen LogP) is 4.83. The molecule has 3 aromatic rings. The van der Waals surface area contributed by atoms with E-state index in [0.717, 1.165) is 6.54 Å². The van der Waals surface area contributed by atoms with Crippen molar-refractivity contribution in [3.63, 3.8) is 0 Å². The summed E-state index contributed by atoms with van der Waals surface area (Å²) in [4.78, 5) is 15.4. The second-order valence-corrected chi connectivity index (χ2v) is 7.70. The third-order valence-corrected chi connectivity index (χ3v) is 5.50. The minimum atomic E-state index is -0.955. The van der Waals surface area contributed by atoms with Gasteiger partial charge in [0.1, 0.15) is 0 Å². The zero-order valence-electron chi connectivity index (χ0n) is 16.6. The van der Waals surface area contributed by atoms with Crippen LogP contribution in [-0.4, -0.2) is 22.6 Å². The van der Waals surface area contributed by atoms with E-state index in [9.17, 15) is 9.90 Å². The van der Waals surface area contributed by atoms with Gasteiger partial charge in [0, 0.05) is 19.3 Å². The molecule has 0 amide bonds. The summed E-state index contributed by atoms with van der Waals surface area (Å²) in [5.41, 5.74) is 7.20. The van der Waals surface area contributed by atoms with Crippen LogP contribution in [0.5, 0.6) is 0 Å². The number of nitrogens with zero attached hydrogens (tertiary/aromatic N) is 1. The molecule has 1 aromatic heterocycles. The lowest BCUT2D eigenvalue weighted by Crippen LogP contribution is -2.22. The number of aromatic nitrogens is 1. The number of hydrogen-bond donors (Lipinski definition) is 3. The molecule has 29 heavy (non-hydrogen) atoms. The Morgan fingerprint density at radius 2 is 2.07 bits per heavy atom. The van der Waals surface area contributed by atoms with E-state index in [1.54, 1.807) is 6.20 Å². The van der Waals surface area contributed by atoms with E-state index in [2.05, 4.69) is 71.9 Å². The zero-order valence-corrected chi connectivity index (χ0v) is 16.6. The average molecular weight is 387 g/mol. The molecule has 2 heterocycles. The molecule has 148 valence electrons. The smallest absolute Gasteiger partial charge is 0.337 e. The molecule has 5 nitrogen and oxygen atoms in total. The summed E-state index contributed by atoms with van der Waals surface area (Å²) in [6.45, 7) is 5.84. The van der Waals surface area contributed by atoms with Crippen molar-refractivity contribution in [2.45, 2.75) is 32.4 Å². The molecule has 2 aromatic carbocycles. The van der Waals surface area contributed by atoms with E-state index in [-0.39, 0.29) is 11.6 Å². The van der Waals surface area contributed by atoms with Crippen molar-refractivity contribution in [2.75, 3.05) is 11.9 Å². The van der Waals surface area contributed by atoms with Gasteiger partial charge in [0.25, 0.3) is 0 Å². The molecular formula is C24H25N3O2. The van der Waals surface area contributed by atoms with Gasteiger partial charge in [-0.25, -0.2) is 4.79 Å². The molecule has 1 aliphatic heterocycles. The standard InChI is InChI=1S/C24H25N3O2/c1-15(2)18-5-3-4-6-19(18)16-7-8-20-17(11-16)12-26-23(20)14-27-22-13-25-10-9-21(22)24(28)29/h3-11,13,15,23,26-27H,12,14H2,1-2H3,(H,28,29). The molecule has 5 heteroatoms. The summed E-state index contributed by atoms with van der Waals surface area (Å²) in [5, 5.41) is 16.1. The van der Waals surface area contributed by atoms with Gasteiger partial charge >= 0.3 is 5.97 Å². The van der Waals surface area contributed by atoms with Gasteiger partial charge in [-0.3, -0.25) is 4.98 Å². The maximum absolute atomic E-state index is 11.4. The van der Waals surface area contributed by atoms with Crippen LogP contribution in [0.4, 0.5) is 5.69 Å². The summed E-state index contributed by atoms with van der Waals surface area (Å²) in [6.07, 6.45) is 3.06. The predicted molar refractivity (Wildman–Crippen MR) is 115 cm³/mol. The first-order valence-electron chi connectivity index (χ1n) is 9.91. The number of rotatable bonds is 6. The zero-order chi connectivity index (χ0) is 20.4. The van der Waals surface area contributed by atoms with Crippen LogP contribution in [0.1, 0.15) is 52.9 Å². The second-order valence-electron chi connectivity index (χ2n) is 7.70. The summed E-state index contributed by atoms with van der Waals surface area (Å²) in [7, 11) is 0. The van der Waals surface area contributed by atoms with Crippen molar-refractivity contribution in [3.8, 4) is 11.1 Å². The lowest BCUT2D eigenvalue weighted by molar-refractivity contribution is 0.0698. The van der Waals surface area contributed by atoms with Gasteiger partial charge in [-0.2, -0.15) is 0 Å². The van der Waals surface area contributed by atoms with Crippen LogP contribution in [0.25, 0.3) is 11.1 Å². The number of carboxylic acids is 1. The Morgan fingerprint density at radius 1 is 1.24 bits per heavy atom. The molecule has 0 bridgehead atoms. The molecule has 0 saturated carbocycles. The molecule has 4 rings (SSSR count). The third-order valence-electron chi connectivity index (χ3n) is 5.50. The summed E-state index contributed by atoms with van der Waals surface area (Å²) >= 11 is 0. The molecule has 0 spiro atoms. The first kappa shape index (κ1) is 19.2. The number of fused-ring (bicyclic) bond motifs is 1. The van der Waals surface area contributed by atoms with E-state index in [1.165, 1.54) is 40.1 Å². The molecule has 1 atom stereocenters. The molecule has 0 saturated heterocycles. The van der Waals surface area contributed by atoms with Crippen LogP contribution in [0, 0.1) is 0 Å². The Labute approximate surface area is 170 Å². The van der Waals surface area contributed by atoms with Crippen molar-refractivity contribution in [2.24, 2.45) is 0 Å². The number of nitrogens with one attached hydrogen (secondary N) is 2. The third kappa shape index (κ3) is 3.87. The summed E-state index contributed by atoms with van der Waals surface area (Å²) in [5.74, 6) is -0.486. The number of aromatic carboxylic acids is 1. The highest BCUT2D eigenvalue weighted by atomic mass is 16.4. The van der Waals surface area contributed by atoms with Crippen molar-refractivity contribution in [1.29, 1.82) is 0 Å². The molecule has 3 N–H and O–H groups in total. The van der Waals surface area contributed by atoms with Crippen LogP contribution in [-0.2, 0) is 6.54 Å². The van der Waals surface area contributed by atoms with Gasteiger partial charge in [-0.05, 0) is 45.9 Å². The highest BCUT2D eigenvalue weighted by Crippen LogP contribution is 2.34. The van der Waals surface area contributed by atoms with Gasteiger partial charge in [-0.15, -0.1) is 0 Å². The van der Waals surface area contributed by atoms with Gasteiger partial charge in [0.05, 0.1) is 23.5 Å². The van der Waals surface area contributed by atoms with Crippen molar-refractivity contribution < 1.29 is 9.90 Å². The molecular weight excluding hydrogens is 362 g/mol. The highest BCUT2D eigenvalue weighted by Gasteiger charge is 2.23. The maximum atomic E-state index is 11.4. The minimum absolute atomic E-state index is 0.126. The first-order valence-corrected chi connectivity index (χ1v) is 9.91. The van der Waals surface area contributed by atoms with Crippen LogP contribution in [0.15, 0.2) is 60.9 Å². The molecule has 1 aliphatic rings. The highest BCUT2D eigenvalue weighted by molar-refractivity contribution is 5.93. The van der Waals surface area contributed by atoms with E-state index in [1.807, 2.05) is 0 Å². The second kappa shape index (κ2) is 8.05. The topological polar surface area (TPSA) is 74.2 Å². The molecule has 0 fully saturated rings. The van der Waals surface area contributed by atoms with Crippen LogP contribution in [0.2, 0.25) is 0 Å². The lowest BCUT2D eigenvalue weighted by atomic mass is 9.91. The fourth-order valence-electron chi connectivity index (χ4n) is 3.99. The average Bonchev–Trinajstić information content (AvgIpc) is 3.14. The molecule has 0 radical (unpaired) electrons. The van der Waals surface area contributed by atoms with Crippen LogP contribution >= 0.6 is 0 Å². The van der Waals surface area contributed by atoms with E-state index < -0.39 is 5.97 Å². The fraction of sp³-hybridized carbons (Fsp3) is 0.250. The van der Waals surface area contributed by atoms with Crippen LogP contribution in [0.3, 0.4) is 0 Å². The summed E-state index contributed by atoms with van der Waals surface area (Å²) < 4.78 is 0. The largest absolute Gasteiger partial charge is 0.478 e.